The largest absolute Gasteiger partial charge is 0.337 e. The van der Waals surface area contributed by atoms with E-state index in [2.05, 4.69) is 15.6 Å². The van der Waals surface area contributed by atoms with Gasteiger partial charge in [0.2, 0.25) is 5.91 Å². The van der Waals surface area contributed by atoms with Crippen LogP contribution in [0.2, 0.25) is 0 Å². The second kappa shape index (κ2) is 8.89. The van der Waals surface area contributed by atoms with E-state index in [9.17, 15) is 9.59 Å². The minimum absolute atomic E-state index is 0.0242. The van der Waals surface area contributed by atoms with Gasteiger partial charge in [-0.3, -0.25) is 4.79 Å². The summed E-state index contributed by atoms with van der Waals surface area (Å²) in [4.78, 5) is 29.7. The number of hydrogen-bond donors (Lipinski definition) is 2. The van der Waals surface area contributed by atoms with Crippen molar-refractivity contribution in [2.75, 3.05) is 13.1 Å². The molecule has 3 amide bonds. The standard InChI is InChI=1S/C16H20N4O2S/c1-2-20(10-13-6-4-3-5-7-13)15(21)9-18-16(22)17-8-14-11-23-12-19-14/h3-7,11-12H,2,8-10H2,1H3,(H2,17,18,22). The van der Waals surface area contributed by atoms with Crippen LogP contribution in [0.5, 0.6) is 0 Å². The molecule has 0 aliphatic rings. The van der Waals surface area contributed by atoms with Crippen LogP contribution in [0.25, 0.3) is 0 Å². The molecule has 0 unspecified atom stereocenters. The Morgan fingerprint density at radius 2 is 2.00 bits per heavy atom. The third kappa shape index (κ3) is 5.71. The van der Waals surface area contributed by atoms with Gasteiger partial charge in [-0.1, -0.05) is 30.3 Å². The monoisotopic (exact) mass is 332 g/mol. The lowest BCUT2D eigenvalue weighted by Gasteiger charge is -2.21. The van der Waals surface area contributed by atoms with Crippen molar-refractivity contribution in [3.63, 3.8) is 0 Å². The number of thiazole rings is 1. The maximum absolute atomic E-state index is 12.2. The summed E-state index contributed by atoms with van der Waals surface area (Å²) in [5, 5.41) is 7.12. The fourth-order valence-electron chi connectivity index (χ4n) is 2.01. The van der Waals surface area contributed by atoms with Gasteiger partial charge in [0, 0.05) is 18.5 Å². The van der Waals surface area contributed by atoms with Crippen LogP contribution >= 0.6 is 11.3 Å². The van der Waals surface area contributed by atoms with Crippen LogP contribution in [0.3, 0.4) is 0 Å². The van der Waals surface area contributed by atoms with Crippen LogP contribution in [0, 0.1) is 0 Å². The number of nitrogens with one attached hydrogen (secondary N) is 2. The zero-order valence-corrected chi connectivity index (χ0v) is 13.8. The van der Waals surface area contributed by atoms with Gasteiger partial charge in [-0.05, 0) is 12.5 Å². The molecule has 0 aliphatic carbocycles. The lowest BCUT2D eigenvalue weighted by atomic mass is 10.2. The van der Waals surface area contributed by atoms with Crippen LogP contribution in [0.1, 0.15) is 18.2 Å². The molecular weight excluding hydrogens is 312 g/mol. The first-order valence-corrected chi connectivity index (χ1v) is 8.33. The first-order valence-electron chi connectivity index (χ1n) is 7.39. The molecule has 0 aliphatic heterocycles. The van der Waals surface area contributed by atoms with Gasteiger partial charge in [-0.25, -0.2) is 9.78 Å². The number of carbonyl (C=O) groups is 2. The molecule has 0 saturated carbocycles. The van der Waals surface area contributed by atoms with Crippen LogP contribution < -0.4 is 10.6 Å². The molecule has 23 heavy (non-hydrogen) atoms. The molecule has 122 valence electrons. The summed E-state index contributed by atoms with van der Waals surface area (Å²) in [5.74, 6) is -0.111. The minimum atomic E-state index is -0.373. The van der Waals surface area contributed by atoms with Crippen molar-refractivity contribution in [1.29, 1.82) is 0 Å². The minimum Gasteiger partial charge on any atom is -0.337 e. The fourth-order valence-corrected chi connectivity index (χ4v) is 2.56. The quantitative estimate of drug-likeness (QED) is 0.814. The zero-order valence-electron chi connectivity index (χ0n) is 13.0. The molecular formula is C16H20N4O2S. The zero-order chi connectivity index (χ0) is 16.5. The highest BCUT2D eigenvalue weighted by atomic mass is 32.1. The van der Waals surface area contributed by atoms with E-state index in [1.165, 1.54) is 11.3 Å². The summed E-state index contributed by atoms with van der Waals surface area (Å²) in [5.41, 5.74) is 3.58. The van der Waals surface area contributed by atoms with E-state index in [1.807, 2.05) is 42.6 Å². The van der Waals surface area contributed by atoms with Crippen molar-refractivity contribution in [2.24, 2.45) is 0 Å². The number of nitrogens with zero attached hydrogens (tertiary/aromatic N) is 2. The molecule has 1 aromatic carbocycles. The van der Waals surface area contributed by atoms with Gasteiger partial charge in [0.25, 0.3) is 0 Å². The summed E-state index contributed by atoms with van der Waals surface area (Å²) in [6.07, 6.45) is 0. The molecule has 1 aromatic heterocycles. The first-order chi connectivity index (χ1) is 11.2. The van der Waals surface area contributed by atoms with Crippen molar-refractivity contribution in [3.05, 3.63) is 52.5 Å². The molecule has 2 N–H and O–H groups in total. The predicted molar refractivity (Wildman–Crippen MR) is 89.9 cm³/mol. The molecule has 7 heteroatoms. The van der Waals surface area contributed by atoms with Gasteiger partial charge in [0.05, 0.1) is 24.3 Å². The van der Waals surface area contributed by atoms with E-state index in [-0.39, 0.29) is 18.5 Å². The summed E-state index contributed by atoms with van der Waals surface area (Å²) in [7, 11) is 0. The topological polar surface area (TPSA) is 74.3 Å². The highest BCUT2D eigenvalue weighted by Crippen LogP contribution is 2.04. The van der Waals surface area contributed by atoms with Crippen LogP contribution in [0.4, 0.5) is 4.79 Å². The highest BCUT2D eigenvalue weighted by Gasteiger charge is 2.13. The number of benzene rings is 1. The average Bonchev–Trinajstić information content (AvgIpc) is 3.10. The molecule has 0 radical (unpaired) electrons. The number of hydrogen-bond acceptors (Lipinski definition) is 4. The van der Waals surface area contributed by atoms with Gasteiger partial charge in [-0.2, -0.15) is 0 Å². The molecule has 6 nitrogen and oxygen atoms in total. The van der Waals surface area contributed by atoms with E-state index in [1.54, 1.807) is 10.4 Å². The average molecular weight is 332 g/mol. The van der Waals surface area contributed by atoms with Gasteiger partial charge >= 0.3 is 6.03 Å². The van der Waals surface area contributed by atoms with Crippen molar-refractivity contribution >= 4 is 23.3 Å². The summed E-state index contributed by atoms with van der Waals surface area (Å²) in [6, 6.07) is 9.40. The maximum atomic E-state index is 12.2. The van der Waals surface area contributed by atoms with Gasteiger partial charge < -0.3 is 15.5 Å². The second-order valence-electron chi connectivity index (χ2n) is 4.91. The third-order valence-electron chi connectivity index (χ3n) is 3.26. The third-order valence-corrected chi connectivity index (χ3v) is 3.90. The highest BCUT2D eigenvalue weighted by molar-refractivity contribution is 7.07. The number of aromatic nitrogens is 1. The van der Waals surface area contributed by atoms with E-state index in [4.69, 9.17) is 0 Å². The molecule has 2 rings (SSSR count). The van der Waals surface area contributed by atoms with Crippen molar-refractivity contribution in [3.8, 4) is 0 Å². The van der Waals surface area contributed by atoms with E-state index in [0.717, 1.165) is 11.3 Å². The Labute approximate surface area is 139 Å². The van der Waals surface area contributed by atoms with Crippen molar-refractivity contribution in [1.82, 2.24) is 20.5 Å². The lowest BCUT2D eigenvalue weighted by molar-refractivity contribution is -0.130. The fraction of sp³-hybridized carbons (Fsp3) is 0.312. The number of urea groups is 1. The summed E-state index contributed by atoms with van der Waals surface area (Å²) < 4.78 is 0. The molecule has 2 aromatic rings. The van der Waals surface area contributed by atoms with Crippen molar-refractivity contribution < 1.29 is 9.59 Å². The summed E-state index contributed by atoms with van der Waals surface area (Å²) >= 11 is 1.47. The number of likely N-dealkylation sites (N-methyl/N-ethyl adjacent to an activating group) is 1. The van der Waals surface area contributed by atoms with Gasteiger partial charge in [0.1, 0.15) is 0 Å². The second-order valence-corrected chi connectivity index (χ2v) is 5.63. The molecule has 0 spiro atoms. The number of amides is 3. The molecule has 0 bridgehead atoms. The van der Waals surface area contributed by atoms with Crippen molar-refractivity contribution in [2.45, 2.75) is 20.0 Å². The van der Waals surface area contributed by atoms with Crippen LogP contribution in [-0.2, 0) is 17.9 Å². The van der Waals surface area contributed by atoms with Gasteiger partial charge in [-0.15, -0.1) is 11.3 Å². The summed E-state index contributed by atoms with van der Waals surface area (Å²) in [6.45, 7) is 3.38. The SMILES string of the molecule is CCN(Cc1ccccc1)C(=O)CNC(=O)NCc1cscn1. The molecule has 1 heterocycles. The molecule has 0 saturated heterocycles. The van der Waals surface area contributed by atoms with Crippen LogP contribution in [-0.4, -0.2) is 34.9 Å². The predicted octanol–water partition coefficient (Wildman–Crippen LogP) is 1.99. The van der Waals surface area contributed by atoms with Crippen LogP contribution in [0.15, 0.2) is 41.2 Å². The molecule has 0 fully saturated rings. The molecule has 0 atom stereocenters. The lowest BCUT2D eigenvalue weighted by Crippen LogP contribution is -2.43. The van der Waals surface area contributed by atoms with E-state index in [0.29, 0.717) is 19.6 Å². The normalized spacial score (nSPS) is 10.1. The Bertz CT molecular complexity index is 616. The van der Waals surface area contributed by atoms with E-state index >= 15 is 0 Å². The smallest absolute Gasteiger partial charge is 0.315 e. The Kier molecular flexibility index (Phi) is 6.56. The van der Waals surface area contributed by atoms with E-state index < -0.39 is 0 Å². The Balaban J connectivity index is 1.74. The number of carbonyl (C=O) groups excluding carboxylic acids is 2. The van der Waals surface area contributed by atoms with Gasteiger partial charge in [0.15, 0.2) is 0 Å². The first kappa shape index (κ1) is 17.0. The Morgan fingerprint density at radius 3 is 2.65 bits per heavy atom. The maximum Gasteiger partial charge on any atom is 0.315 e. The Morgan fingerprint density at radius 1 is 1.22 bits per heavy atom. The Hall–Kier alpha value is -2.41. The number of rotatable bonds is 7.